The molecule has 1 aromatic heterocycles. The Hall–Kier alpha value is -1.81. The van der Waals surface area contributed by atoms with E-state index in [0.717, 1.165) is 30.9 Å². The first-order valence-corrected chi connectivity index (χ1v) is 11.1. The van der Waals surface area contributed by atoms with Crippen LogP contribution in [0.3, 0.4) is 0 Å². The zero-order chi connectivity index (χ0) is 20.0. The zero-order valence-electron chi connectivity index (χ0n) is 17.2. The second-order valence-corrected chi connectivity index (χ2v) is 9.35. The molecule has 152 valence electrons. The minimum Gasteiger partial charge on any atom is -0.368 e. The van der Waals surface area contributed by atoms with Crippen LogP contribution in [0.1, 0.15) is 48.5 Å². The molecule has 2 aromatic carbocycles. The van der Waals surface area contributed by atoms with Crippen molar-refractivity contribution in [2.45, 2.75) is 43.7 Å². The molecule has 1 unspecified atom stereocenters. The molecular weight excluding hydrogens is 380 g/mol. The van der Waals surface area contributed by atoms with Gasteiger partial charge in [-0.2, -0.15) is 0 Å². The molecule has 1 N–H and O–H groups in total. The largest absolute Gasteiger partial charge is 0.368 e. The molecule has 1 spiro atoms. The molecular formula is C25H29ClN2O. The van der Waals surface area contributed by atoms with Gasteiger partial charge in [-0.3, -0.25) is 0 Å². The van der Waals surface area contributed by atoms with Gasteiger partial charge in [0, 0.05) is 22.0 Å². The van der Waals surface area contributed by atoms with E-state index in [9.17, 15) is 0 Å². The lowest BCUT2D eigenvalue weighted by Crippen LogP contribution is -2.41. The van der Waals surface area contributed by atoms with Crippen LogP contribution in [0.2, 0.25) is 5.02 Å². The third-order valence-corrected chi connectivity index (χ3v) is 7.30. The van der Waals surface area contributed by atoms with Crippen LogP contribution in [0, 0.1) is 5.92 Å². The molecule has 0 amide bonds. The maximum atomic E-state index is 6.51. The minimum atomic E-state index is -0.139. The average Bonchev–Trinajstić information content (AvgIpc) is 3.12. The summed E-state index contributed by atoms with van der Waals surface area (Å²) in [5.41, 5.74) is 5.29. The Morgan fingerprint density at radius 1 is 1.07 bits per heavy atom. The van der Waals surface area contributed by atoms with E-state index >= 15 is 0 Å². The number of H-pyrrole nitrogens is 1. The lowest BCUT2D eigenvalue weighted by atomic mass is 9.71. The fourth-order valence-electron chi connectivity index (χ4n) is 5.74. The molecule has 0 saturated heterocycles. The molecule has 1 aliphatic heterocycles. The Balaban J connectivity index is 1.42. The van der Waals surface area contributed by atoms with Gasteiger partial charge in [-0.1, -0.05) is 41.9 Å². The first kappa shape index (κ1) is 19.2. The van der Waals surface area contributed by atoms with Gasteiger partial charge in [0.25, 0.3) is 0 Å². The molecule has 5 rings (SSSR count). The summed E-state index contributed by atoms with van der Waals surface area (Å²) in [4.78, 5) is 6.09. The fraction of sp³-hybridized carbons (Fsp3) is 0.440. The predicted molar refractivity (Wildman–Crippen MR) is 119 cm³/mol. The Bertz CT molecular complexity index is 999. The number of aromatic amines is 1. The first-order valence-electron chi connectivity index (χ1n) is 10.7. The number of aromatic nitrogens is 1. The Kier molecular flexibility index (Phi) is 4.93. The number of nitrogens with one attached hydrogen (secondary N) is 1. The monoisotopic (exact) mass is 408 g/mol. The first-order chi connectivity index (χ1) is 14.1. The molecule has 0 bridgehead atoms. The summed E-state index contributed by atoms with van der Waals surface area (Å²) in [6, 6.07) is 17.5. The van der Waals surface area contributed by atoms with Crippen LogP contribution < -0.4 is 0 Å². The number of nitrogens with zero attached hydrogens (tertiary/aromatic N) is 1. The number of ether oxygens (including phenoxy) is 1. The maximum Gasteiger partial charge on any atom is 0.108 e. The summed E-state index contributed by atoms with van der Waals surface area (Å²) in [5, 5.41) is 2.18. The molecule has 1 saturated carbocycles. The van der Waals surface area contributed by atoms with Crippen molar-refractivity contribution < 1.29 is 4.74 Å². The van der Waals surface area contributed by atoms with Crippen LogP contribution >= 0.6 is 11.6 Å². The van der Waals surface area contributed by atoms with Gasteiger partial charge in [0.05, 0.1) is 12.3 Å². The highest BCUT2D eigenvalue weighted by Gasteiger charge is 2.44. The molecule has 0 radical (unpaired) electrons. The summed E-state index contributed by atoms with van der Waals surface area (Å²) in [5.74, 6) is 0.621. The van der Waals surface area contributed by atoms with Gasteiger partial charge < -0.3 is 14.6 Å². The molecule has 29 heavy (non-hydrogen) atoms. The topological polar surface area (TPSA) is 28.3 Å². The molecule has 1 fully saturated rings. The zero-order valence-corrected chi connectivity index (χ0v) is 18.0. The normalized spacial score (nSPS) is 25.4. The van der Waals surface area contributed by atoms with Gasteiger partial charge >= 0.3 is 0 Å². The number of hydrogen-bond acceptors (Lipinski definition) is 2. The van der Waals surface area contributed by atoms with Crippen LogP contribution in [0.5, 0.6) is 0 Å². The Labute approximate surface area is 178 Å². The van der Waals surface area contributed by atoms with Crippen molar-refractivity contribution in [1.82, 2.24) is 9.88 Å². The number of hydrogen-bond donors (Lipinski definition) is 1. The molecule has 2 heterocycles. The van der Waals surface area contributed by atoms with Gasteiger partial charge in [-0.25, -0.2) is 0 Å². The molecule has 2 aliphatic rings. The van der Waals surface area contributed by atoms with Gasteiger partial charge in [-0.05, 0) is 81.4 Å². The molecule has 3 aromatic rings. The summed E-state index contributed by atoms with van der Waals surface area (Å²) in [6.07, 6.45) is 5.50. The summed E-state index contributed by atoms with van der Waals surface area (Å²) >= 11 is 6.13. The lowest BCUT2D eigenvalue weighted by molar-refractivity contribution is -0.0997. The Morgan fingerprint density at radius 2 is 1.79 bits per heavy atom. The van der Waals surface area contributed by atoms with Gasteiger partial charge in [-0.15, -0.1) is 0 Å². The number of fused-ring (bicyclic) bond motifs is 4. The van der Waals surface area contributed by atoms with Crippen molar-refractivity contribution in [3.63, 3.8) is 0 Å². The van der Waals surface area contributed by atoms with Crippen LogP contribution in [0.25, 0.3) is 10.9 Å². The third-order valence-electron chi connectivity index (χ3n) is 7.05. The number of benzene rings is 2. The van der Waals surface area contributed by atoms with Crippen molar-refractivity contribution in [2.24, 2.45) is 5.92 Å². The molecule has 4 heteroatoms. The van der Waals surface area contributed by atoms with E-state index in [1.54, 1.807) is 0 Å². The number of rotatable bonds is 3. The summed E-state index contributed by atoms with van der Waals surface area (Å²) in [6.45, 7) is 0.827. The predicted octanol–water partition coefficient (Wildman–Crippen LogP) is 6.08. The molecule has 1 aliphatic carbocycles. The quantitative estimate of drug-likeness (QED) is 0.568. The van der Waals surface area contributed by atoms with E-state index in [4.69, 9.17) is 16.3 Å². The van der Waals surface area contributed by atoms with Crippen molar-refractivity contribution >= 4 is 22.5 Å². The van der Waals surface area contributed by atoms with Crippen LogP contribution in [-0.4, -0.2) is 30.6 Å². The van der Waals surface area contributed by atoms with E-state index in [0.29, 0.717) is 12.0 Å². The van der Waals surface area contributed by atoms with Crippen molar-refractivity contribution in [3.8, 4) is 0 Å². The number of para-hydroxylation sites is 1. The highest BCUT2D eigenvalue weighted by Crippen LogP contribution is 2.50. The summed E-state index contributed by atoms with van der Waals surface area (Å²) in [7, 11) is 4.38. The lowest BCUT2D eigenvalue weighted by Gasteiger charge is -2.45. The van der Waals surface area contributed by atoms with Gasteiger partial charge in [0.15, 0.2) is 0 Å². The third kappa shape index (κ3) is 3.30. The van der Waals surface area contributed by atoms with E-state index < -0.39 is 0 Å². The standard InChI is InChI=1S/C25H29ClN2O/c1-28(2)23(17-7-9-19(26)10-8-17)18-11-14-25(15-12-18)24-21(13-16-29-25)20-5-3-4-6-22(20)27-24/h3-10,18,23,27H,11-16H2,1-2H3. The summed E-state index contributed by atoms with van der Waals surface area (Å²) < 4.78 is 6.51. The highest BCUT2D eigenvalue weighted by molar-refractivity contribution is 6.30. The van der Waals surface area contributed by atoms with E-state index in [-0.39, 0.29) is 5.60 Å². The smallest absolute Gasteiger partial charge is 0.108 e. The van der Waals surface area contributed by atoms with Crippen LogP contribution in [-0.2, 0) is 16.8 Å². The van der Waals surface area contributed by atoms with Gasteiger partial charge in [0.2, 0.25) is 0 Å². The SMILES string of the molecule is CN(C)C(c1ccc(Cl)cc1)C1CCC2(CC1)OCCc1c2[nH]c2ccccc12. The average molecular weight is 409 g/mol. The van der Waals surface area contributed by atoms with Crippen LogP contribution in [0.15, 0.2) is 48.5 Å². The number of halogens is 1. The second kappa shape index (κ2) is 7.46. The Morgan fingerprint density at radius 3 is 2.52 bits per heavy atom. The van der Waals surface area contributed by atoms with Crippen molar-refractivity contribution in [3.05, 3.63) is 70.4 Å². The van der Waals surface area contributed by atoms with E-state index in [1.165, 1.54) is 40.6 Å². The highest BCUT2D eigenvalue weighted by atomic mass is 35.5. The minimum absolute atomic E-state index is 0.139. The second-order valence-electron chi connectivity index (χ2n) is 8.91. The molecule has 3 nitrogen and oxygen atoms in total. The van der Waals surface area contributed by atoms with Gasteiger partial charge in [0.1, 0.15) is 5.60 Å². The van der Waals surface area contributed by atoms with E-state index in [1.807, 2.05) is 12.1 Å². The maximum absolute atomic E-state index is 6.51. The molecule has 1 atom stereocenters. The van der Waals surface area contributed by atoms with E-state index in [2.05, 4.69) is 60.4 Å². The van der Waals surface area contributed by atoms with Crippen molar-refractivity contribution in [1.29, 1.82) is 0 Å². The van der Waals surface area contributed by atoms with Crippen molar-refractivity contribution in [2.75, 3.05) is 20.7 Å². The fourth-order valence-corrected chi connectivity index (χ4v) is 5.86. The van der Waals surface area contributed by atoms with Crippen LogP contribution in [0.4, 0.5) is 0 Å².